The lowest BCUT2D eigenvalue weighted by molar-refractivity contribution is 0.384. The van der Waals surface area contributed by atoms with Crippen LogP contribution in [0.1, 0.15) is 0 Å². The summed E-state index contributed by atoms with van der Waals surface area (Å²) in [6.07, 6.45) is 6.92. The number of rotatable bonds is 6. The molecule has 0 saturated carbocycles. The van der Waals surface area contributed by atoms with Crippen LogP contribution in [0.5, 0.6) is 0 Å². The first-order valence-corrected chi connectivity index (χ1v) is 9.69. The molecule has 0 unspecified atom stereocenters. The van der Waals surface area contributed by atoms with Crippen molar-refractivity contribution in [3.05, 3.63) is 24.4 Å². The molecule has 0 bridgehead atoms. The van der Waals surface area contributed by atoms with Crippen LogP contribution in [0.4, 0.5) is 5.82 Å². The zero-order valence-electron chi connectivity index (χ0n) is 14.4. The molecule has 9 heteroatoms. The van der Waals surface area contributed by atoms with Gasteiger partial charge in [0.15, 0.2) is 5.96 Å². The summed E-state index contributed by atoms with van der Waals surface area (Å²) < 4.78 is 26.5. The van der Waals surface area contributed by atoms with E-state index in [0.29, 0.717) is 38.7 Å². The lowest BCUT2D eigenvalue weighted by Crippen LogP contribution is -2.50. The van der Waals surface area contributed by atoms with Crippen LogP contribution in [0.25, 0.3) is 0 Å². The Morgan fingerprint density at radius 2 is 2.08 bits per heavy atom. The van der Waals surface area contributed by atoms with Crippen LogP contribution in [0, 0.1) is 12.3 Å². The number of hydrogen-bond donors (Lipinski definition) is 2. The van der Waals surface area contributed by atoms with Gasteiger partial charge in [-0.15, -0.1) is 6.42 Å². The number of guanidine groups is 1. The highest BCUT2D eigenvalue weighted by Crippen LogP contribution is 2.14. The number of piperazine rings is 1. The van der Waals surface area contributed by atoms with Gasteiger partial charge in [0, 0.05) is 46.0 Å². The standard InChI is InChI=1S/C16H24N6O2S/c1-3-7-19-16(17-2)20-9-14-25(23,24)22-12-10-21(11-13-22)15-6-4-5-8-18-15/h1,4-6,8H,7,9-14H2,2H3,(H2,17,19,20). The summed E-state index contributed by atoms with van der Waals surface area (Å²) in [5, 5.41) is 5.84. The van der Waals surface area contributed by atoms with Gasteiger partial charge >= 0.3 is 0 Å². The minimum Gasteiger partial charge on any atom is -0.355 e. The number of hydrogen-bond acceptors (Lipinski definition) is 5. The Morgan fingerprint density at radius 1 is 1.32 bits per heavy atom. The molecule has 0 radical (unpaired) electrons. The molecule has 0 aromatic carbocycles. The monoisotopic (exact) mass is 364 g/mol. The first-order chi connectivity index (χ1) is 12.1. The van der Waals surface area contributed by atoms with Gasteiger partial charge in [-0.3, -0.25) is 4.99 Å². The summed E-state index contributed by atoms with van der Waals surface area (Å²) in [6, 6.07) is 5.73. The van der Waals surface area contributed by atoms with E-state index in [1.54, 1.807) is 13.2 Å². The first kappa shape index (κ1) is 19.0. The van der Waals surface area contributed by atoms with Crippen molar-refractivity contribution in [3.63, 3.8) is 0 Å². The van der Waals surface area contributed by atoms with E-state index in [-0.39, 0.29) is 12.3 Å². The molecule has 2 rings (SSSR count). The van der Waals surface area contributed by atoms with Gasteiger partial charge in [0.05, 0.1) is 12.3 Å². The molecule has 0 aliphatic carbocycles. The second-order valence-electron chi connectivity index (χ2n) is 5.45. The molecule has 1 aromatic heterocycles. The molecule has 8 nitrogen and oxygen atoms in total. The maximum absolute atomic E-state index is 12.5. The van der Waals surface area contributed by atoms with E-state index in [0.717, 1.165) is 5.82 Å². The lowest BCUT2D eigenvalue weighted by atomic mass is 10.3. The van der Waals surface area contributed by atoms with Crippen molar-refractivity contribution >= 4 is 21.8 Å². The number of aliphatic imine (C=N–C) groups is 1. The molecular formula is C16H24N6O2S. The van der Waals surface area contributed by atoms with Crippen LogP contribution >= 0.6 is 0 Å². The van der Waals surface area contributed by atoms with E-state index in [2.05, 4.69) is 31.4 Å². The molecule has 0 atom stereocenters. The largest absolute Gasteiger partial charge is 0.355 e. The van der Waals surface area contributed by atoms with Crippen LogP contribution in [0.3, 0.4) is 0 Å². The van der Waals surface area contributed by atoms with Crippen LogP contribution in [0.15, 0.2) is 29.4 Å². The van der Waals surface area contributed by atoms with Crippen LogP contribution in [0.2, 0.25) is 0 Å². The van der Waals surface area contributed by atoms with E-state index in [4.69, 9.17) is 6.42 Å². The number of pyridine rings is 1. The highest BCUT2D eigenvalue weighted by Gasteiger charge is 2.27. The van der Waals surface area contributed by atoms with Gasteiger partial charge in [-0.05, 0) is 12.1 Å². The summed E-state index contributed by atoms with van der Waals surface area (Å²) in [5.74, 6) is 3.82. The Bertz CT molecular complexity index is 706. The van der Waals surface area contributed by atoms with Crippen LogP contribution in [-0.2, 0) is 10.0 Å². The van der Waals surface area contributed by atoms with Crippen molar-refractivity contribution < 1.29 is 8.42 Å². The van der Waals surface area contributed by atoms with E-state index >= 15 is 0 Å². The van der Waals surface area contributed by atoms with E-state index < -0.39 is 10.0 Å². The predicted octanol–water partition coefficient (Wildman–Crippen LogP) is -0.668. The topological polar surface area (TPSA) is 89.9 Å². The van der Waals surface area contributed by atoms with Crippen LogP contribution in [-0.4, -0.2) is 75.7 Å². The first-order valence-electron chi connectivity index (χ1n) is 8.08. The second kappa shape index (κ2) is 9.25. The number of anilines is 1. The van der Waals surface area contributed by atoms with Crippen molar-refractivity contribution in [2.45, 2.75) is 0 Å². The zero-order valence-corrected chi connectivity index (χ0v) is 15.2. The van der Waals surface area contributed by atoms with Gasteiger partial charge in [-0.25, -0.2) is 13.4 Å². The minimum absolute atomic E-state index is 0.00728. The van der Waals surface area contributed by atoms with Crippen molar-refractivity contribution in [1.82, 2.24) is 19.9 Å². The van der Waals surface area contributed by atoms with Gasteiger partial charge in [0.2, 0.25) is 10.0 Å². The molecule has 1 fully saturated rings. The molecule has 1 aliphatic rings. The average Bonchev–Trinajstić information content (AvgIpc) is 2.65. The molecular weight excluding hydrogens is 340 g/mol. The third-order valence-corrected chi connectivity index (χ3v) is 5.71. The Labute approximate surface area is 149 Å². The molecule has 0 spiro atoms. The smallest absolute Gasteiger partial charge is 0.215 e. The quantitative estimate of drug-likeness (QED) is 0.395. The number of aromatic nitrogens is 1. The number of nitrogens with one attached hydrogen (secondary N) is 2. The number of terminal acetylenes is 1. The average molecular weight is 364 g/mol. The lowest BCUT2D eigenvalue weighted by Gasteiger charge is -2.34. The third-order valence-electron chi connectivity index (χ3n) is 3.84. The van der Waals surface area contributed by atoms with Gasteiger partial charge in [0.25, 0.3) is 0 Å². The normalized spacial score (nSPS) is 16.3. The summed E-state index contributed by atoms with van der Waals surface area (Å²) >= 11 is 0. The van der Waals surface area contributed by atoms with Gasteiger partial charge in [0.1, 0.15) is 5.82 Å². The molecule has 1 aromatic rings. The Balaban J connectivity index is 1.80. The van der Waals surface area contributed by atoms with Crippen molar-refractivity contribution in [3.8, 4) is 12.3 Å². The second-order valence-corrected chi connectivity index (χ2v) is 7.54. The molecule has 136 valence electrons. The van der Waals surface area contributed by atoms with Crippen molar-refractivity contribution in [2.24, 2.45) is 4.99 Å². The molecule has 25 heavy (non-hydrogen) atoms. The van der Waals surface area contributed by atoms with Crippen molar-refractivity contribution in [1.29, 1.82) is 0 Å². The summed E-state index contributed by atoms with van der Waals surface area (Å²) in [5.41, 5.74) is 0. The van der Waals surface area contributed by atoms with Crippen LogP contribution < -0.4 is 15.5 Å². The van der Waals surface area contributed by atoms with Gasteiger partial charge in [-0.2, -0.15) is 4.31 Å². The maximum atomic E-state index is 12.5. The minimum atomic E-state index is -3.31. The molecule has 0 amide bonds. The van der Waals surface area contributed by atoms with Gasteiger partial charge < -0.3 is 15.5 Å². The highest BCUT2D eigenvalue weighted by atomic mass is 32.2. The summed E-state index contributed by atoms with van der Waals surface area (Å²) in [4.78, 5) is 10.4. The fourth-order valence-electron chi connectivity index (χ4n) is 2.52. The van der Waals surface area contributed by atoms with E-state index in [1.165, 1.54) is 4.31 Å². The zero-order chi connectivity index (χ0) is 18.1. The fraction of sp³-hybridized carbons (Fsp3) is 0.500. The maximum Gasteiger partial charge on any atom is 0.215 e. The number of nitrogens with zero attached hydrogens (tertiary/aromatic N) is 4. The Hall–Kier alpha value is -2.31. The third kappa shape index (κ3) is 5.62. The molecule has 1 saturated heterocycles. The molecule has 2 heterocycles. The van der Waals surface area contributed by atoms with E-state index in [9.17, 15) is 8.42 Å². The summed E-state index contributed by atoms with van der Waals surface area (Å²) in [7, 11) is -1.70. The highest BCUT2D eigenvalue weighted by molar-refractivity contribution is 7.89. The van der Waals surface area contributed by atoms with Crippen molar-refractivity contribution in [2.75, 3.05) is 57.0 Å². The molecule has 1 aliphatic heterocycles. The Morgan fingerprint density at radius 3 is 2.68 bits per heavy atom. The number of sulfonamides is 1. The Kier molecular flexibility index (Phi) is 7.03. The fourth-order valence-corrected chi connectivity index (χ4v) is 3.86. The summed E-state index contributed by atoms with van der Waals surface area (Å²) in [6.45, 7) is 2.80. The van der Waals surface area contributed by atoms with E-state index in [1.807, 2.05) is 18.2 Å². The molecule has 2 N–H and O–H groups in total. The predicted molar refractivity (Wildman–Crippen MR) is 100 cm³/mol. The van der Waals surface area contributed by atoms with Gasteiger partial charge in [-0.1, -0.05) is 12.0 Å². The SMILES string of the molecule is C#CCNC(=NC)NCCS(=O)(=O)N1CCN(c2ccccn2)CC1.